The summed E-state index contributed by atoms with van der Waals surface area (Å²) >= 11 is 0. The van der Waals surface area contributed by atoms with Gasteiger partial charge in [0.15, 0.2) is 29.2 Å². The average molecular weight is 1250 g/mol. The normalized spacial score (nSPS) is 17.6. The summed E-state index contributed by atoms with van der Waals surface area (Å²) in [5.41, 5.74) is 7.63. The van der Waals surface area contributed by atoms with Crippen LogP contribution in [0.15, 0.2) is 140 Å². The minimum absolute atomic E-state index is 0.0119. The first-order valence-corrected chi connectivity index (χ1v) is 30.4. The minimum Gasteiger partial charge on any atom is -0.493 e. The number of ether oxygens (including phenoxy) is 5. The van der Waals surface area contributed by atoms with Gasteiger partial charge in [-0.1, -0.05) is 79.7 Å². The van der Waals surface area contributed by atoms with Gasteiger partial charge in [-0.05, 0) is 109 Å². The van der Waals surface area contributed by atoms with Gasteiger partial charge < -0.3 is 59.9 Å². The largest absolute Gasteiger partial charge is 0.493 e. The maximum Gasteiger partial charge on any atom is 0.416 e. The smallest absolute Gasteiger partial charge is 0.416 e. The molecule has 6 heterocycles. The van der Waals surface area contributed by atoms with Crippen LogP contribution in [0.5, 0.6) is 23.0 Å². The Morgan fingerprint density at radius 3 is 1.95 bits per heavy atom. The number of rotatable bonds is 22. The molecule has 0 bridgehead atoms. The molecule has 0 spiro atoms. The summed E-state index contributed by atoms with van der Waals surface area (Å²) in [6, 6.07) is 30.9. The summed E-state index contributed by atoms with van der Waals surface area (Å²) in [6.07, 6.45) is 2.47. The summed E-state index contributed by atoms with van der Waals surface area (Å²) < 4.78 is 30.2. The van der Waals surface area contributed by atoms with E-state index >= 15 is 0 Å². The lowest BCUT2D eigenvalue weighted by Gasteiger charge is -2.39. The van der Waals surface area contributed by atoms with Gasteiger partial charge in [-0.15, -0.1) is 0 Å². The van der Waals surface area contributed by atoms with Gasteiger partial charge in [0.2, 0.25) is 17.7 Å². The molecule has 8 amide bonds. The number of fused-ring (bicyclic) bond motifs is 6. The van der Waals surface area contributed by atoms with Gasteiger partial charge in [0.25, 0.3) is 23.6 Å². The lowest BCUT2D eigenvalue weighted by atomic mass is 9.93. The summed E-state index contributed by atoms with van der Waals surface area (Å²) in [7, 11) is 2.95. The Morgan fingerprint density at radius 1 is 0.685 bits per heavy atom. The Balaban J connectivity index is 0.730. The van der Waals surface area contributed by atoms with Crippen molar-refractivity contribution in [3.8, 4) is 23.0 Å². The summed E-state index contributed by atoms with van der Waals surface area (Å²) in [4.78, 5) is 117. The van der Waals surface area contributed by atoms with Crippen LogP contribution in [0.4, 0.5) is 21.9 Å². The van der Waals surface area contributed by atoms with Gasteiger partial charge in [-0.3, -0.25) is 43.4 Å². The van der Waals surface area contributed by atoms with Crippen molar-refractivity contribution < 1.29 is 67.1 Å². The minimum atomic E-state index is -1.60. The Bertz CT molecular complexity index is 3910. The highest BCUT2D eigenvalue weighted by Gasteiger charge is 2.46. The maximum absolute atomic E-state index is 14.8. The molecule has 1 aromatic heterocycles. The molecular weight excluding hydrogens is 1180 g/mol. The van der Waals surface area contributed by atoms with Crippen molar-refractivity contribution in [2.24, 2.45) is 0 Å². The SMILES string of the molecule is C=C(C)[C@H](NC(=O)CCCCCN1C(=O)C=CC1=O)C(=O)N[C@@H](C)C(=O)Nc1ccc(COC(=O)N2c3cc(OCc4cccc(COc5cc6c(cc5OC)C(=O)N5Cc7ccccc7C[C@H]5CN6)n4)c(OC)cc3C(=O)N3Cc4ccccc4CC3C2O)cc1. The number of aliphatic hydroxyl groups excluding tert-OH is 1. The maximum atomic E-state index is 14.8. The predicted molar refractivity (Wildman–Crippen MR) is 337 cm³/mol. The average Bonchev–Trinajstić information content (AvgIpc) is 1.58. The van der Waals surface area contributed by atoms with E-state index in [4.69, 9.17) is 28.7 Å². The molecular formula is C69H71N9O14. The van der Waals surface area contributed by atoms with Crippen molar-refractivity contribution in [1.82, 2.24) is 30.3 Å². The van der Waals surface area contributed by atoms with Crippen molar-refractivity contribution in [3.63, 3.8) is 0 Å². The van der Waals surface area contributed by atoms with Crippen LogP contribution in [-0.4, -0.2) is 130 Å². The van der Waals surface area contributed by atoms with E-state index < -0.39 is 54.1 Å². The van der Waals surface area contributed by atoms with E-state index in [-0.39, 0.29) is 92.3 Å². The lowest BCUT2D eigenvalue weighted by Crippen LogP contribution is -2.55. The quantitative estimate of drug-likeness (QED) is 0.0254. The zero-order valence-electron chi connectivity index (χ0n) is 51.4. The van der Waals surface area contributed by atoms with Crippen molar-refractivity contribution in [2.45, 2.75) is 116 Å². The number of pyridine rings is 1. The fourth-order valence-electron chi connectivity index (χ4n) is 12.0. The fourth-order valence-corrected chi connectivity index (χ4v) is 12.0. The number of unbranched alkanes of at least 4 members (excludes halogenated alkanes) is 2. The lowest BCUT2D eigenvalue weighted by molar-refractivity contribution is -0.137. The standard InChI is InChI=1S/C69H71N9O14/c1-40(2)63(74-60(79)20-7-6-12-27-75-61(80)25-26-62(75)81)65(83)71-41(3)64(82)73-47-23-21-42(22-24-47)37-92-69(87)78-54-33-59(57(89-5)31-52(54)67(85)77-36-46-17-11-9-15-44(46)29-55(77)68(78)86)91-39-49-19-13-18-48(72-49)38-90-58-32-53-51(30-56(58)88-4)66(84)76-35-45-16-10-8-14-43(45)28-50(76)34-70-53/h8-11,13-19,21-26,30-33,41,50,55,63,68,70,86H,1,6-7,12,20,27-29,34-39H2,2-5H3,(H,71,83)(H,73,82)(H,74,79)/t41-,50-,55?,63-,68?/m0/s1. The monoisotopic (exact) mass is 1250 g/mol. The molecule has 2 unspecified atom stereocenters. The summed E-state index contributed by atoms with van der Waals surface area (Å²) in [5, 5.41) is 23.9. The molecule has 23 heteroatoms. The molecule has 0 radical (unpaired) electrons. The van der Waals surface area contributed by atoms with Crippen molar-refractivity contribution in [1.29, 1.82) is 0 Å². The van der Waals surface area contributed by atoms with Gasteiger partial charge in [-0.25, -0.2) is 9.69 Å². The highest BCUT2D eigenvalue weighted by molar-refractivity contribution is 6.13. The number of hydrogen-bond acceptors (Lipinski definition) is 16. The van der Waals surface area contributed by atoms with Crippen molar-refractivity contribution in [3.05, 3.63) is 190 Å². The van der Waals surface area contributed by atoms with Gasteiger partial charge >= 0.3 is 6.09 Å². The van der Waals surface area contributed by atoms with Crippen molar-refractivity contribution >= 4 is 64.5 Å². The van der Waals surface area contributed by atoms with Crippen LogP contribution in [0, 0.1) is 0 Å². The molecule has 0 fully saturated rings. The zero-order chi connectivity index (χ0) is 64.7. The molecule has 23 nitrogen and oxygen atoms in total. The first-order chi connectivity index (χ1) is 44.4. The van der Waals surface area contributed by atoms with Gasteiger partial charge in [0.1, 0.15) is 31.9 Å². The Kier molecular flexibility index (Phi) is 19.0. The molecule has 476 valence electrons. The molecule has 5 N–H and O–H groups in total. The van der Waals surface area contributed by atoms with Gasteiger partial charge in [-0.2, -0.15) is 0 Å². The van der Waals surface area contributed by atoms with Gasteiger partial charge in [0.05, 0.1) is 60.2 Å². The number of methoxy groups -OCH3 is 2. The predicted octanol–water partition coefficient (Wildman–Crippen LogP) is 7.28. The molecule has 92 heavy (non-hydrogen) atoms. The second kappa shape index (κ2) is 27.7. The number of nitrogens with zero attached hydrogens (tertiary/aromatic N) is 5. The van der Waals surface area contributed by atoms with Crippen LogP contribution in [0.25, 0.3) is 0 Å². The first kappa shape index (κ1) is 63.0. The van der Waals surface area contributed by atoms with Crippen LogP contribution < -0.4 is 45.1 Å². The first-order valence-electron chi connectivity index (χ1n) is 30.4. The summed E-state index contributed by atoms with van der Waals surface area (Å²) in [6.45, 7) is 8.05. The number of amides is 8. The number of aliphatic hydroxyl groups is 1. The third kappa shape index (κ3) is 13.8. The third-order valence-electron chi connectivity index (χ3n) is 17.0. The topological polar surface area (TPSA) is 277 Å². The van der Waals surface area contributed by atoms with E-state index in [0.29, 0.717) is 83.3 Å². The number of benzene rings is 5. The number of anilines is 3. The van der Waals surface area contributed by atoms with Crippen LogP contribution in [0.2, 0.25) is 0 Å². The second-order valence-electron chi connectivity index (χ2n) is 23.3. The van der Waals surface area contributed by atoms with Crippen LogP contribution in [0.3, 0.4) is 0 Å². The Hall–Kier alpha value is -10.6. The Morgan fingerprint density at radius 2 is 1.29 bits per heavy atom. The van der Waals surface area contributed by atoms with E-state index in [1.54, 1.807) is 66.4 Å². The van der Waals surface area contributed by atoms with E-state index in [2.05, 4.69) is 40.0 Å². The molecule has 11 rings (SSSR count). The molecule has 5 aliphatic rings. The highest BCUT2D eigenvalue weighted by atomic mass is 16.6. The number of carbonyl (C=O) groups is 8. The molecule has 0 aliphatic carbocycles. The number of carbonyl (C=O) groups excluding carboxylic acids is 8. The molecule has 5 aromatic carbocycles. The van der Waals surface area contributed by atoms with E-state index in [0.717, 1.165) is 32.9 Å². The second-order valence-corrected chi connectivity index (χ2v) is 23.3. The Labute approximate surface area is 531 Å². The van der Waals surface area contributed by atoms with Crippen LogP contribution >= 0.6 is 0 Å². The molecule has 5 atom stereocenters. The van der Waals surface area contributed by atoms with Crippen LogP contribution in [-0.2, 0) is 74.5 Å². The molecule has 0 saturated heterocycles. The fraction of sp³-hybridized carbons (Fsp3) is 0.319. The molecule has 0 saturated carbocycles. The van der Waals surface area contributed by atoms with Gasteiger partial charge in [0, 0.05) is 62.6 Å². The number of aromatic nitrogens is 1. The highest BCUT2D eigenvalue weighted by Crippen LogP contribution is 2.43. The van der Waals surface area contributed by atoms with E-state index in [1.165, 1.54) is 51.0 Å². The third-order valence-corrected chi connectivity index (χ3v) is 17.0. The number of nitrogens with one attached hydrogen (secondary N) is 4. The summed E-state index contributed by atoms with van der Waals surface area (Å²) in [5.74, 6) is -1.78. The van der Waals surface area contributed by atoms with E-state index in [9.17, 15) is 43.5 Å². The molecule has 6 aromatic rings. The number of hydrogen-bond donors (Lipinski definition) is 5. The van der Waals surface area contributed by atoms with Crippen molar-refractivity contribution in [2.75, 3.05) is 42.8 Å². The molecule has 5 aliphatic heterocycles. The zero-order valence-corrected chi connectivity index (χ0v) is 51.4. The van der Waals surface area contributed by atoms with Crippen LogP contribution in [0.1, 0.15) is 99.5 Å². The number of imide groups is 1. The van der Waals surface area contributed by atoms with E-state index in [1.807, 2.05) is 41.3 Å².